The summed E-state index contributed by atoms with van der Waals surface area (Å²) in [5, 5.41) is 13.1. The average molecular weight is 292 g/mol. The van der Waals surface area contributed by atoms with Gasteiger partial charge in [0.05, 0.1) is 12.2 Å². The summed E-state index contributed by atoms with van der Waals surface area (Å²) in [6.45, 7) is 3.69. The van der Waals surface area contributed by atoms with E-state index in [1.54, 1.807) is 38.1 Å². The van der Waals surface area contributed by atoms with E-state index in [2.05, 4.69) is 5.32 Å². The van der Waals surface area contributed by atoms with Gasteiger partial charge in [0.15, 0.2) is 0 Å². The lowest BCUT2D eigenvalue weighted by molar-refractivity contribution is -0.306. The van der Waals surface area contributed by atoms with E-state index in [0.717, 1.165) is 0 Å². The Morgan fingerprint density at radius 1 is 1.19 bits per heavy atom. The normalized spacial score (nSPS) is 11.5. The van der Waals surface area contributed by atoms with Crippen molar-refractivity contribution < 1.29 is 24.2 Å². The summed E-state index contributed by atoms with van der Waals surface area (Å²) in [6.07, 6.45) is -0.0666. The van der Waals surface area contributed by atoms with Crippen molar-refractivity contribution in [2.24, 2.45) is 5.92 Å². The highest BCUT2D eigenvalue weighted by Crippen LogP contribution is 2.13. The first-order chi connectivity index (χ1) is 9.92. The Bertz CT molecular complexity index is 509. The maximum Gasteiger partial charge on any atom is 0.338 e. The minimum Gasteiger partial charge on any atom is -0.550 e. The minimum absolute atomic E-state index is 0.0909. The first-order valence-corrected chi connectivity index (χ1v) is 6.69. The quantitative estimate of drug-likeness (QED) is 0.755. The number of nitrogens with one attached hydrogen (secondary N) is 1. The summed E-state index contributed by atoms with van der Waals surface area (Å²) < 4.78 is 4.85. The van der Waals surface area contributed by atoms with Crippen LogP contribution in [-0.4, -0.2) is 24.5 Å². The van der Waals surface area contributed by atoms with Gasteiger partial charge in [-0.05, 0) is 43.5 Å². The number of carboxylic acids is 1. The highest BCUT2D eigenvalue weighted by Gasteiger charge is 2.10. The highest BCUT2D eigenvalue weighted by molar-refractivity contribution is 5.93. The third-order valence-electron chi connectivity index (χ3n) is 2.73. The van der Waals surface area contributed by atoms with E-state index in [1.165, 1.54) is 0 Å². The molecular formula is C15H18NO5-. The molecule has 0 radical (unpaired) electrons. The fraction of sp³-hybridized carbons (Fsp3) is 0.400. The Kier molecular flexibility index (Phi) is 6.39. The molecule has 0 aliphatic rings. The number of aliphatic carboxylic acids is 1. The third-order valence-corrected chi connectivity index (χ3v) is 2.73. The van der Waals surface area contributed by atoms with E-state index in [-0.39, 0.29) is 24.7 Å². The smallest absolute Gasteiger partial charge is 0.338 e. The summed E-state index contributed by atoms with van der Waals surface area (Å²) in [5.74, 6) is -2.17. The lowest BCUT2D eigenvalue weighted by Gasteiger charge is -2.12. The average Bonchev–Trinajstić information content (AvgIpc) is 2.38. The Hall–Kier alpha value is -2.37. The number of hydrogen-bond acceptors (Lipinski definition) is 5. The molecule has 0 saturated heterocycles. The number of ether oxygens (including phenoxy) is 1. The lowest BCUT2D eigenvalue weighted by atomic mass is 10.0. The van der Waals surface area contributed by atoms with Gasteiger partial charge in [-0.2, -0.15) is 0 Å². The number of esters is 1. The number of carbonyl (C=O) groups excluding carboxylic acids is 3. The van der Waals surface area contributed by atoms with E-state index in [1.807, 2.05) is 0 Å². The van der Waals surface area contributed by atoms with Crippen molar-refractivity contribution in [3.8, 4) is 0 Å². The molecule has 0 spiro atoms. The van der Waals surface area contributed by atoms with Crippen LogP contribution in [0.2, 0.25) is 0 Å². The molecule has 1 N–H and O–H groups in total. The van der Waals surface area contributed by atoms with Crippen molar-refractivity contribution in [1.29, 1.82) is 0 Å². The Labute approximate surface area is 123 Å². The summed E-state index contributed by atoms with van der Waals surface area (Å²) >= 11 is 0. The molecule has 0 aromatic heterocycles. The molecule has 1 rings (SSSR count). The van der Waals surface area contributed by atoms with Crippen LogP contribution in [0.4, 0.5) is 5.69 Å². The molecule has 0 unspecified atom stereocenters. The van der Waals surface area contributed by atoms with Gasteiger partial charge in [0, 0.05) is 18.1 Å². The second-order valence-corrected chi connectivity index (χ2v) is 4.73. The number of carbonyl (C=O) groups is 3. The fourth-order valence-corrected chi connectivity index (χ4v) is 1.79. The standard InChI is InChI=1S/C15H19NO5/c1-3-21-15(20)11-4-6-12(7-5-11)16-13(17)8-10(2)9-14(18)19/h4-7,10H,3,8-9H2,1-2H3,(H,16,17)(H,18,19)/p-1/t10-/m1/s1. The zero-order chi connectivity index (χ0) is 15.8. The first kappa shape index (κ1) is 16.7. The zero-order valence-corrected chi connectivity index (χ0v) is 12.0. The number of benzene rings is 1. The highest BCUT2D eigenvalue weighted by atomic mass is 16.5. The Morgan fingerprint density at radius 2 is 1.81 bits per heavy atom. The molecule has 0 saturated carbocycles. The van der Waals surface area contributed by atoms with Crippen LogP contribution in [-0.2, 0) is 14.3 Å². The maximum absolute atomic E-state index is 11.7. The van der Waals surface area contributed by atoms with Gasteiger partial charge in [-0.25, -0.2) is 4.79 Å². The number of carboxylic acid groups (broad SMARTS) is 1. The molecule has 1 atom stereocenters. The number of amides is 1. The molecule has 0 heterocycles. The van der Waals surface area contributed by atoms with Crippen LogP contribution in [0, 0.1) is 5.92 Å². The van der Waals surface area contributed by atoms with Crippen molar-refractivity contribution in [1.82, 2.24) is 0 Å². The lowest BCUT2D eigenvalue weighted by Crippen LogP contribution is -2.26. The van der Waals surface area contributed by atoms with Crippen molar-refractivity contribution in [3.63, 3.8) is 0 Å². The molecule has 6 heteroatoms. The summed E-state index contributed by atoms with van der Waals surface area (Å²) in [4.78, 5) is 33.6. The van der Waals surface area contributed by atoms with Gasteiger partial charge < -0.3 is 20.0 Å². The Balaban J connectivity index is 2.53. The van der Waals surface area contributed by atoms with Crippen LogP contribution in [0.3, 0.4) is 0 Å². The predicted molar refractivity (Wildman–Crippen MR) is 74.4 cm³/mol. The van der Waals surface area contributed by atoms with Gasteiger partial charge in [0.25, 0.3) is 0 Å². The maximum atomic E-state index is 11.7. The third kappa shape index (κ3) is 6.07. The molecule has 6 nitrogen and oxygen atoms in total. The Morgan fingerprint density at radius 3 is 2.33 bits per heavy atom. The largest absolute Gasteiger partial charge is 0.550 e. The topological polar surface area (TPSA) is 95.5 Å². The van der Waals surface area contributed by atoms with Crippen molar-refractivity contribution in [2.45, 2.75) is 26.7 Å². The van der Waals surface area contributed by atoms with Gasteiger partial charge in [-0.15, -0.1) is 0 Å². The van der Waals surface area contributed by atoms with E-state index < -0.39 is 11.9 Å². The first-order valence-electron chi connectivity index (χ1n) is 6.69. The van der Waals surface area contributed by atoms with Crippen LogP contribution in [0.5, 0.6) is 0 Å². The number of rotatable bonds is 7. The van der Waals surface area contributed by atoms with E-state index in [4.69, 9.17) is 4.74 Å². The second-order valence-electron chi connectivity index (χ2n) is 4.73. The van der Waals surface area contributed by atoms with E-state index in [0.29, 0.717) is 17.9 Å². The molecule has 0 aliphatic carbocycles. The second kappa shape index (κ2) is 8.04. The monoisotopic (exact) mass is 292 g/mol. The van der Waals surface area contributed by atoms with E-state index >= 15 is 0 Å². The zero-order valence-electron chi connectivity index (χ0n) is 12.0. The number of anilines is 1. The summed E-state index contributed by atoms with van der Waals surface area (Å²) in [5.41, 5.74) is 0.939. The molecule has 1 amide bonds. The molecular weight excluding hydrogens is 274 g/mol. The van der Waals surface area contributed by atoms with Gasteiger partial charge >= 0.3 is 5.97 Å². The SMILES string of the molecule is CCOC(=O)c1ccc(NC(=O)C[C@@H](C)CC(=O)[O-])cc1. The summed E-state index contributed by atoms with van der Waals surface area (Å²) in [7, 11) is 0. The number of hydrogen-bond donors (Lipinski definition) is 1. The van der Waals surface area contributed by atoms with Crippen molar-refractivity contribution >= 4 is 23.5 Å². The molecule has 114 valence electrons. The molecule has 21 heavy (non-hydrogen) atoms. The van der Waals surface area contributed by atoms with E-state index in [9.17, 15) is 19.5 Å². The summed E-state index contributed by atoms with van der Waals surface area (Å²) in [6, 6.07) is 6.29. The van der Waals surface area contributed by atoms with Crippen LogP contribution in [0.25, 0.3) is 0 Å². The van der Waals surface area contributed by atoms with Crippen LogP contribution >= 0.6 is 0 Å². The van der Waals surface area contributed by atoms with Crippen LogP contribution < -0.4 is 10.4 Å². The molecule has 0 aliphatic heterocycles. The molecule has 1 aromatic carbocycles. The minimum atomic E-state index is -1.17. The predicted octanol–water partition coefficient (Wildman–Crippen LogP) is 0.968. The van der Waals surface area contributed by atoms with Crippen molar-refractivity contribution in [2.75, 3.05) is 11.9 Å². The molecule has 1 aromatic rings. The van der Waals surface area contributed by atoms with Gasteiger partial charge in [0.2, 0.25) is 5.91 Å². The van der Waals surface area contributed by atoms with Crippen LogP contribution in [0.15, 0.2) is 24.3 Å². The molecule has 0 fully saturated rings. The van der Waals surface area contributed by atoms with Gasteiger partial charge in [-0.3, -0.25) is 4.79 Å². The fourth-order valence-electron chi connectivity index (χ4n) is 1.79. The van der Waals surface area contributed by atoms with Gasteiger partial charge in [0.1, 0.15) is 0 Å². The van der Waals surface area contributed by atoms with Crippen molar-refractivity contribution in [3.05, 3.63) is 29.8 Å². The van der Waals surface area contributed by atoms with Gasteiger partial charge in [-0.1, -0.05) is 6.92 Å². The van der Waals surface area contributed by atoms with Crippen LogP contribution in [0.1, 0.15) is 37.0 Å². The molecule has 0 bridgehead atoms.